The maximum absolute atomic E-state index is 5.35. The molecular weight excluding hydrogens is 627 g/mol. The third-order valence-corrected chi connectivity index (χ3v) is 17.7. The number of hydrogen-bond acceptors (Lipinski definition) is 1. The third-order valence-electron chi connectivity index (χ3n) is 17.7. The minimum atomic E-state index is 0.749. The molecule has 0 heterocycles. The highest BCUT2D eigenvalue weighted by Crippen LogP contribution is 2.53. The third kappa shape index (κ3) is 10.6. The second-order valence-corrected chi connectivity index (χ2v) is 20.8. The number of nitrogens with zero attached hydrogens (tertiary/aromatic N) is 1. The molecule has 0 aromatic rings. The van der Waals surface area contributed by atoms with Crippen molar-refractivity contribution in [3.8, 4) is 0 Å². The van der Waals surface area contributed by atoms with Crippen LogP contribution in [-0.2, 0) is 0 Å². The summed E-state index contributed by atoms with van der Waals surface area (Å²) in [4.78, 5) is 3.37. The van der Waals surface area contributed by atoms with Gasteiger partial charge in [0.2, 0.25) is 0 Å². The predicted octanol–water partition coefficient (Wildman–Crippen LogP) is 15.8. The molecule has 0 radical (unpaired) electrons. The SMILES string of the molecule is C=C1CC(N(C2CCCCC2)C2CCCC3CCCC[C@H]32)CCCC(C(C)CCCCC)C2CCCCC2C1C(CC)CCC(C)C1CCCCC1. The molecule has 0 spiro atoms. The Morgan fingerprint density at radius 2 is 1.17 bits per heavy atom. The van der Waals surface area contributed by atoms with Gasteiger partial charge in [0, 0.05) is 18.1 Å². The zero-order valence-electron chi connectivity index (χ0n) is 35.8. The van der Waals surface area contributed by atoms with Crippen molar-refractivity contribution in [1.82, 2.24) is 4.90 Å². The Morgan fingerprint density at radius 3 is 1.90 bits per heavy atom. The van der Waals surface area contributed by atoms with E-state index >= 15 is 0 Å². The quantitative estimate of drug-likeness (QED) is 0.128. The van der Waals surface area contributed by atoms with Gasteiger partial charge in [-0.25, -0.2) is 0 Å². The van der Waals surface area contributed by atoms with Gasteiger partial charge in [0.15, 0.2) is 0 Å². The molecule has 0 bridgehead atoms. The Labute approximate surface area is 326 Å². The summed E-state index contributed by atoms with van der Waals surface area (Å²) in [7, 11) is 0. The lowest BCUT2D eigenvalue weighted by molar-refractivity contribution is -0.0305. The van der Waals surface area contributed by atoms with Crippen LogP contribution in [0.15, 0.2) is 12.2 Å². The molecule has 0 aromatic carbocycles. The van der Waals surface area contributed by atoms with Gasteiger partial charge in [0.25, 0.3) is 0 Å². The maximum Gasteiger partial charge on any atom is 0.0138 e. The second-order valence-electron chi connectivity index (χ2n) is 20.8. The number of unbranched alkanes of at least 4 members (excludes halogenated alkanes) is 2. The molecule has 0 saturated heterocycles. The summed E-state index contributed by atoms with van der Waals surface area (Å²) in [6, 6.07) is 2.47. The topological polar surface area (TPSA) is 3.24 Å². The van der Waals surface area contributed by atoms with E-state index in [1.54, 1.807) is 5.57 Å². The highest BCUT2D eigenvalue weighted by atomic mass is 15.2. The van der Waals surface area contributed by atoms with Crippen molar-refractivity contribution >= 4 is 0 Å². The van der Waals surface area contributed by atoms with Crippen molar-refractivity contribution in [2.45, 2.75) is 251 Å². The van der Waals surface area contributed by atoms with Gasteiger partial charge in [-0.3, -0.25) is 4.90 Å². The molecular formula is C51H91N. The van der Waals surface area contributed by atoms with E-state index in [1.807, 2.05) is 0 Å². The van der Waals surface area contributed by atoms with E-state index in [0.29, 0.717) is 0 Å². The highest BCUT2D eigenvalue weighted by molar-refractivity contribution is 5.11. The zero-order chi connectivity index (χ0) is 36.3. The van der Waals surface area contributed by atoms with E-state index in [-0.39, 0.29) is 0 Å². The highest BCUT2D eigenvalue weighted by Gasteiger charge is 2.46. The fourth-order valence-corrected chi connectivity index (χ4v) is 14.9. The number of hydrogen-bond donors (Lipinski definition) is 0. The molecule has 6 aliphatic rings. The molecule has 0 aliphatic heterocycles. The smallest absolute Gasteiger partial charge is 0.0138 e. The van der Waals surface area contributed by atoms with Crippen LogP contribution in [0.5, 0.6) is 0 Å². The second kappa shape index (κ2) is 21.3. The summed E-state index contributed by atoms with van der Waals surface area (Å²) >= 11 is 0. The fraction of sp³-hybridized carbons (Fsp3) is 0.961. The first-order chi connectivity index (χ1) is 25.5. The van der Waals surface area contributed by atoms with Gasteiger partial charge in [0.05, 0.1) is 0 Å². The zero-order valence-corrected chi connectivity index (χ0v) is 35.8. The van der Waals surface area contributed by atoms with E-state index < -0.39 is 0 Å². The first-order valence-corrected chi connectivity index (χ1v) is 24.9. The van der Waals surface area contributed by atoms with E-state index in [0.717, 1.165) is 77.3 Å². The number of rotatable bonds is 14. The fourth-order valence-electron chi connectivity index (χ4n) is 14.9. The molecule has 10 unspecified atom stereocenters. The minimum absolute atomic E-state index is 0.749. The van der Waals surface area contributed by atoms with Crippen molar-refractivity contribution in [1.29, 1.82) is 0 Å². The molecule has 1 heteroatoms. The molecule has 1 nitrogen and oxygen atoms in total. The number of fused-ring (bicyclic) bond motifs is 2. The molecule has 6 saturated carbocycles. The molecule has 52 heavy (non-hydrogen) atoms. The van der Waals surface area contributed by atoms with Gasteiger partial charge in [-0.15, -0.1) is 0 Å². The summed E-state index contributed by atoms with van der Waals surface area (Å²) in [6.45, 7) is 15.7. The van der Waals surface area contributed by atoms with Gasteiger partial charge < -0.3 is 0 Å². The Morgan fingerprint density at radius 1 is 0.558 bits per heavy atom. The largest absolute Gasteiger partial charge is 0.294 e. The Hall–Kier alpha value is -0.300. The van der Waals surface area contributed by atoms with Crippen molar-refractivity contribution < 1.29 is 0 Å². The van der Waals surface area contributed by atoms with Crippen LogP contribution in [0.1, 0.15) is 233 Å². The van der Waals surface area contributed by atoms with Gasteiger partial charge in [-0.2, -0.15) is 0 Å². The molecule has 6 aliphatic carbocycles. The average molecular weight is 718 g/mol. The molecule has 11 atom stereocenters. The lowest BCUT2D eigenvalue weighted by atomic mass is 9.58. The first-order valence-electron chi connectivity index (χ1n) is 24.9. The monoisotopic (exact) mass is 718 g/mol. The Kier molecular flexibility index (Phi) is 16.9. The average Bonchev–Trinajstić information content (AvgIpc) is 3.18. The van der Waals surface area contributed by atoms with Crippen LogP contribution in [0.2, 0.25) is 0 Å². The molecule has 300 valence electrons. The molecule has 6 fully saturated rings. The molecule has 0 aromatic heterocycles. The lowest BCUT2D eigenvalue weighted by Gasteiger charge is -2.54. The van der Waals surface area contributed by atoms with Crippen LogP contribution in [-0.4, -0.2) is 23.0 Å². The minimum Gasteiger partial charge on any atom is -0.294 e. The van der Waals surface area contributed by atoms with Crippen LogP contribution in [0.25, 0.3) is 0 Å². The van der Waals surface area contributed by atoms with Crippen molar-refractivity contribution in [3.63, 3.8) is 0 Å². The normalized spacial score (nSPS) is 36.4. The standard InChI is InChI=1S/C51H91N/c1-6-8-11-22-39(4)46-33-21-29-45(52(44-27-14-10-15-28-44)50-34-20-26-43-25-16-17-30-47(43)50)37-40(5)51(49-32-19-18-31-48(46)49)41(7-2)36-35-38(3)42-23-12-9-13-24-42/h38-39,41-51H,5-37H2,1-4H3/t38?,39?,41?,43?,45?,46?,47-,48?,49?,50?,51?/m1/s1. The Bertz CT molecular complexity index is 1000. The van der Waals surface area contributed by atoms with Crippen LogP contribution in [0, 0.1) is 59.2 Å². The van der Waals surface area contributed by atoms with Gasteiger partial charge in [-0.05, 0) is 123 Å². The summed E-state index contributed by atoms with van der Waals surface area (Å²) < 4.78 is 0. The van der Waals surface area contributed by atoms with Crippen LogP contribution < -0.4 is 0 Å². The lowest BCUT2D eigenvalue weighted by Crippen LogP contribution is -2.56. The molecule has 0 amide bonds. The van der Waals surface area contributed by atoms with Gasteiger partial charge >= 0.3 is 0 Å². The predicted molar refractivity (Wildman–Crippen MR) is 228 cm³/mol. The summed E-state index contributed by atoms with van der Waals surface area (Å²) in [5, 5.41) is 0. The van der Waals surface area contributed by atoms with Crippen LogP contribution in [0.3, 0.4) is 0 Å². The summed E-state index contributed by atoms with van der Waals surface area (Å²) in [5.74, 6) is 9.23. The first kappa shape index (κ1) is 41.3. The van der Waals surface area contributed by atoms with Crippen LogP contribution >= 0.6 is 0 Å². The molecule has 0 N–H and O–H groups in total. The molecule has 6 rings (SSSR count). The summed E-state index contributed by atoms with van der Waals surface area (Å²) in [5.41, 5.74) is 1.76. The maximum atomic E-state index is 5.35. The van der Waals surface area contributed by atoms with Crippen molar-refractivity contribution in [2.24, 2.45) is 59.2 Å². The van der Waals surface area contributed by atoms with Crippen LogP contribution in [0.4, 0.5) is 0 Å². The van der Waals surface area contributed by atoms with Crippen molar-refractivity contribution in [2.75, 3.05) is 0 Å². The van der Waals surface area contributed by atoms with E-state index in [1.165, 1.54) is 205 Å². The van der Waals surface area contributed by atoms with E-state index in [9.17, 15) is 0 Å². The van der Waals surface area contributed by atoms with E-state index in [4.69, 9.17) is 6.58 Å². The Balaban J connectivity index is 1.32. The van der Waals surface area contributed by atoms with Gasteiger partial charge in [0.1, 0.15) is 0 Å². The van der Waals surface area contributed by atoms with E-state index in [2.05, 4.69) is 32.6 Å². The van der Waals surface area contributed by atoms with Gasteiger partial charge in [-0.1, -0.05) is 181 Å². The summed E-state index contributed by atoms with van der Waals surface area (Å²) in [6.07, 6.45) is 47.4. The van der Waals surface area contributed by atoms with Crippen molar-refractivity contribution in [3.05, 3.63) is 12.2 Å².